The standard InChI is InChI=1S/C12H20O/c13-12-10-8-6-4-2-1-3-5-7-9-11-12/h8,10H,1-7,9,11H2/b10-8-. The molecule has 0 aromatic rings. The summed E-state index contributed by atoms with van der Waals surface area (Å²) in [5, 5.41) is 0. The minimum absolute atomic E-state index is 0.320. The molecule has 74 valence electrons. The van der Waals surface area contributed by atoms with E-state index in [4.69, 9.17) is 0 Å². The Hall–Kier alpha value is -0.590. The molecule has 0 unspecified atom stereocenters. The maximum atomic E-state index is 11.2. The molecule has 0 spiro atoms. The van der Waals surface area contributed by atoms with Crippen LogP contribution in [0, 0.1) is 0 Å². The molecule has 1 aliphatic rings. The van der Waals surface area contributed by atoms with Gasteiger partial charge >= 0.3 is 0 Å². The first-order valence-corrected chi connectivity index (χ1v) is 5.59. The molecule has 0 atom stereocenters. The van der Waals surface area contributed by atoms with Crippen molar-refractivity contribution >= 4 is 5.78 Å². The molecule has 0 aliphatic heterocycles. The second kappa shape index (κ2) is 6.88. The van der Waals surface area contributed by atoms with E-state index in [2.05, 4.69) is 0 Å². The number of ketones is 1. The van der Waals surface area contributed by atoms with E-state index in [0.717, 1.165) is 19.3 Å². The van der Waals surface area contributed by atoms with Gasteiger partial charge in [-0.2, -0.15) is 0 Å². The smallest absolute Gasteiger partial charge is 0.155 e. The Bertz CT molecular complexity index is 170. The van der Waals surface area contributed by atoms with E-state index in [1.54, 1.807) is 6.08 Å². The van der Waals surface area contributed by atoms with Crippen LogP contribution in [0.1, 0.15) is 57.8 Å². The number of carbonyl (C=O) groups excluding carboxylic acids is 1. The van der Waals surface area contributed by atoms with Crippen molar-refractivity contribution in [3.05, 3.63) is 12.2 Å². The van der Waals surface area contributed by atoms with Crippen LogP contribution in [0.25, 0.3) is 0 Å². The molecule has 0 radical (unpaired) electrons. The Labute approximate surface area is 81.2 Å². The summed E-state index contributed by atoms with van der Waals surface area (Å²) in [6.45, 7) is 0. The summed E-state index contributed by atoms with van der Waals surface area (Å²) >= 11 is 0. The Balaban J connectivity index is 2.26. The van der Waals surface area contributed by atoms with E-state index in [0.29, 0.717) is 5.78 Å². The third-order valence-electron chi connectivity index (χ3n) is 2.60. The quantitative estimate of drug-likeness (QED) is 0.556. The molecular weight excluding hydrogens is 160 g/mol. The van der Waals surface area contributed by atoms with Gasteiger partial charge in [0.1, 0.15) is 0 Å². The first-order valence-electron chi connectivity index (χ1n) is 5.59. The predicted molar refractivity (Wildman–Crippen MR) is 55.7 cm³/mol. The van der Waals surface area contributed by atoms with Crippen molar-refractivity contribution in [2.45, 2.75) is 57.8 Å². The molecule has 1 rings (SSSR count). The maximum Gasteiger partial charge on any atom is 0.155 e. The van der Waals surface area contributed by atoms with Crippen LogP contribution in [0.5, 0.6) is 0 Å². The molecule has 0 amide bonds. The first-order chi connectivity index (χ1) is 6.39. The lowest BCUT2D eigenvalue weighted by Crippen LogP contribution is -1.93. The Morgan fingerprint density at radius 2 is 1.46 bits per heavy atom. The Kier molecular flexibility index (Phi) is 5.55. The summed E-state index contributed by atoms with van der Waals surface area (Å²) in [5.41, 5.74) is 0. The van der Waals surface area contributed by atoms with Crippen LogP contribution in [0.4, 0.5) is 0 Å². The SMILES string of the molecule is O=C1/C=C\CCCCCCCCC1. The number of allylic oxidation sites excluding steroid dienone is 2. The van der Waals surface area contributed by atoms with E-state index in [1.165, 1.54) is 38.5 Å². The lowest BCUT2D eigenvalue weighted by Gasteiger charge is -2.02. The molecular formula is C12H20O. The predicted octanol–water partition coefficient (Wildman–Crippen LogP) is 3.64. The number of rotatable bonds is 0. The summed E-state index contributed by atoms with van der Waals surface area (Å²) in [6.07, 6.45) is 14.6. The fraction of sp³-hybridized carbons (Fsp3) is 0.750. The fourth-order valence-electron chi connectivity index (χ4n) is 1.74. The van der Waals surface area contributed by atoms with Gasteiger partial charge in [0.15, 0.2) is 5.78 Å². The molecule has 0 N–H and O–H groups in total. The van der Waals surface area contributed by atoms with Crippen LogP contribution >= 0.6 is 0 Å². The zero-order valence-electron chi connectivity index (χ0n) is 8.43. The van der Waals surface area contributed by atoms with Crippen molar-refractivity contribution in [2.24, 2.45) is 0 Å². The molecule has 1 heteroatoms. The molecule has 0 saturated carbocycles. The molecule has 0 aromatic heterocycles. The number of hydrogen-bond acceptors (Lipinski definition) is 1. The minimum atomic E-state index is 0.320. The molecule has 0 heterocycles. The molecule has 1 aliphatic carbocycles. The molecule has 13 heavy (non-hydrogen) atoms. The van der Waals surface area contributed by atoms with Gasteiger partial charge in [-0.15, -0.1) is 0 Å². The van der Waals surface area contributed by atoms with Crippen LogP contribution in [-0.4, -0.2) is 5.78 Å². The topological polar surface area (TPSA) is 17.1 Å². The van der Waals surface area contributed by atoms with Gasteiger partial charge in [-0.05, 0) is 25.3 Å². The normalized spacial score (nSPS) is 24.5. The zero-order valence-corrected chi connectivity index (χ0v) is 8.43. The van der Waals surface area contributed by atoms with Crippen molar-refractivity contribution in [1.82, 2.24) is 0 Å². The van der Waals surface area contributed by atoms with E-state index < -0.39 is 0 Å². The highest BCUT2D eigenvalue weighted by atomic mass is 16.1. The van der Waals surface area contributed by atoms with Crippen molar-refractivity contribution in [2.75, 3.05) is 0 Å². The van der Waals surface area contributed by atoms with Crippen molar-refractivity contribution in [3.8, 4) is 0 Å². The molecule has 0 aromatic carbocycles. The molecule has 0 saturated heterocycles. The lowest BCUT2D eigenvalue weighted by molar-refractivity contribution is -0.114. The molecule has 0 fully saturated rings. The number of hydrogen-bond donors (Lipinski definition) is 0. The van der Waals surface area contributed by atoms with Crippen LogP contribution in [0.2, 0.25) is 0 Å². The lowest BCUT2D eigenvalue weighted by atomic mass is 10.0. The highest BCUT2D eigenvalue weighted by molar-refractivity contribution is 5.89. The van der Waals surface area contributed by atoms with Gasteiger partial charge in [0, 0.05) is 6.42 Å². The Morgan fingerprint density at radius 3 is 2.23 bits per heavy atom. The van der Waals surface area contributed by atoms with Crippen LogP contribution in [0.3, 0.4) is 0 Å². The van der Waals surface area contributed by atoms with Gasteiger partial charge < -0.3 is 0 Å². The molecule has 0 bridgehead atoms. The van der Waals surface area contributed by atoms with Gasteiger partial charge in [0.25, 0.3) is 0 Å². The van der Waals surface area contributed by atoms with Crippen molar-refractivity contribution in [3.63, 3.8) is 0 Å². The number of carbonyl (C=O) groups is 1. The van der Waals surface area contributed by atoms with Gasteiger partial charge in [0.2, 0.25) is 0 Å². The highest BCUT2D eigenvalue weighted by Gasteiger charge is 1.98. The summed E-state index contributed by atoms with van der Waals surface area (Å²) < 4.78 is 0. The Morgan fingerprint density at radius 1 is 0.846 bits per heavy atom. The summed E-state index contributed by atoms with van der Waals surface area (Å²) in [4.78, 5) is 11.2. The monoisotopic (exact) mass is 180 g/mol. The zero-order chi connectivity index (χ0) is 9.36. The average Bonchev–Trinajstić information content (AvgIpc) is 2.11. The fourth-order valence-corrected chi connectivity index (χ4v) is 1.74. The second-order valence-electron chi connectivity index (χ2n) is 3.88. The summed E-state index contributed by atoms with van der Waals surface area (Å²) in [5.74, 6) is 0.320. The van der Waals surface area contributed by atoms with E-state index in [9.17, 15) is 4.79 Å². The largest absolute Gasteiger partial charge is 0.295 e. The second-order valence-corrected chi connectivity index (χ2v) is 3.88. The third-order valence-corrected chi connectivity index (χ3v) is 2.60. The molecule has 1 nitrogen and oxygen atoms in total. The van der Waals surface area contributed by atoms with Crippen LogP contribution in [0.15, 0.2) is 12.2 Å². The third kappa shape index (κ3) is 5.62. The maximum absolute atomic E-state index is 11.2. The highest BCUT2D eigenvalue weighted by Crippen LogP contribution is 2.11. The summed E-state index contributed by atoms with van der Waals surface area (Å²) in [7, 11) is 0. The minimum Gasteiger partial charge on any atom is -0.295 e. The van der Waals surface area contributed by atoms with Gasteiger partial charge in [-0.3, -0.25) is 4.79 Å². The van der Waals surface area contributed by atoms with Crippen LogP contribution < -0.4 is 0 Å². The van der Waals surface area contributed by atoms with Gasteiger partial charge in [-0.25, -0.2) is 0 Å². The van der Waals surface area contributed by atoms with Gasteiger partial charge in [0.05, 0.1) is 0 Å². The van der Waals surface area contributed by atoms with Gasteiger partial charge in [-0.1, -0.05) is 38.2 Å². The van der Waals surface area contributed by atoms with Crippen molar-refractivity contribution in [1.29, 1.82) is 0 Å². The van der Waals surface area contributed by atoms with Crippen LogP contribution in [-0.2, 0) is 4.79 Å². The summed E-state index contributed by atoms with van der Waals surface area (Å²) in [6, 6.07) is 0. The first kappa shape index (κ1) is 10.5. The van der Waals surface area contributed by atoms with Crippen molar-refractivity contribution < 1.29 is 4.79 Å². The average molecular weight is 180 g/mol. The van der Waals surface area contributed by atoms with E-state index in [1.807, 2.05) is 6.08 Å². The van der Waals surface area contributed by atoms with E-state index in [-0.39, 0.29) is 0 Å². The van der Waals surface area contributed by atoms with E-state index >= 15 is 0 Å².